The molecule has 0 bridgehead atoms. The normalized spacial score (nSPS) is 22.2. The van der Waals surface area contributed by atoms with E-state index in [0.29, 0.717) is 16.4 Å². The maximum absolute atomic E-state index is 10.3. The fourth-order valence-electron chi connectivity index (χ4n) is 2.54. The van der Waals surface area contributed by atoms with Crippen LogP contribution in [0.5, 0.6) is 0 Å². The molecule has 1 aromatic heterocycles. The van der Waals surface area contributed by atoms with Gasteiger partial charge in [-0.1, -0.05) is 30.2 Å². The summed E-state index contributed by atoms with van der Waals surface area (Å²) in [5.74, 6) is 0.595. The lowest BCUT2D eigenvalue weighted by atomic mass is 9.98. The Morgan fingerprint density at radius 3 is 3.00 bits per heavy atom. The number of para-hydroxylation sites is 1. The Morgan fingerprint density at radius 1 is 1.39 bits per heavy atom. The van der Waals surface area contributed by atoms with Gasteiger partial charge < -0.3 is 14.8 Å². The highest BCUT2D eigenvalue weighted by molar-refractivity contribution is 6.34. The Balaban J connectivity index is 1.91. The predicted octanol–water partition coefficient (Wildman–Crippen LogP) is 3.26. The average Bonchev–Trinajstić information content (AvgIpc) is 2.84. The number of hydrogen-bond donors (Lipinski definition) is 2. The first-order valence-electron chi connectivity index (χ1n) is 6.35. The molecule has 2 atom stereocenters. The van der Waals surface area contributed by atoms with Gasteiger partial charge in [-0.2, -0.15) is 0 Å². The van der Waals surface area contributed by atoms with Gasteiger partial charge in [0.1, 0.15) is 11.9 Å². The van der Waals surface area contributed by atoms with Gasteiger partial charge in [-0.25, -0.2) is 0 Å². The molecule has 0 aliphatic carbocycles. The summed E-state index contributed by atoms with van der Waals surface area (Å²) in [6, 6.07) is 7.58. The summed E-state index contributed by atoms with van der Waals surface area (Å²) < 4.78 is 5.69. The first-order valence-corrected chi connectivity index (χ1v) is 6.73. The second kappa shape index (κ2) is 4.92. The van der Waals surface area contributed by atoms with Crippen molar-refractivity contribution >= 4 is 22.6 Å². The molecule has 1 aliphatic heterocycles. The summed E-state index contributed by atoms with van der Waals surface area (Å²) in [6.45, 7) is 0.961. The molecule has 2 N–H and O–H groups in total. The molecule has 1 aromatic carbocycles. The Morgan fingerprint density at radius 2 is 2.28 bits per heavy atom. The zero-order valence-electron chi connectivity index (χ0n) is 10.0. The summed E-state index contributed by atoms with van der Waals surface area (Å²) in [6.07, 6.45) is 2.70. The molecule has 1 fully saturated rings. The molecule has 2 heterocycles. The number of piperidine rings is 1. The van der Waals surface area contributed by atoms with Gasteiger partial charge in [0.2, 0.25) is 0 Å². The third kappa shape index (κ3) is 2.14. The van der Waals surface area contributed by atoms with Gasteiger partial charge in [0.15, 0.2) is 5.58 Å². The number of halogens is 1. The molecule has 0 spiro atoms. The van der Waals surface area contributed by atoms with E-state index in [1.807, 2.05) is 18.2 Å². The Bertz CT molecular complexity index is 546. The van der Waals surface area contributed by atoms with E-state index in [1.165, 1.54) is 6.42 Å². The third-order valence-electron chi connectivity index (χ3n) is 3.54. The minimum absolute atomic E-state index is 0.0816. The molecule has 0 saturated carbocycles. The number of furan rings is 1. The van der Waals surface area contributed by atoms with Crippen molar-refractivity contribution in [2.24, 2.45) is 0 Å². The monoisotopic (exact) mass is 265 g/mol. The fourth-order valence-corrected chi connectivity index (χ4v) is 2.76. The quantitative estimate of drug-likeness (QED) is 0.876. The largest absolute Gasteiger partial charge is 0.457 e. The van der Waals surface area contributed by atoms with E-state index in [1.54, 1.807) is 6.07 Å². The number of hydrogen-bond acceptors (Lipinski definition) is 3. The van der Waals surface area contributed by atoms with Crippen LogP contribution in [0.25, 0.3) is 11.0 Å². The van der Waals surface area contributed by atoms with Gasteiger partial charge in [0, 0.05) is 11.4 Å². The molecular weight excluding hydrogens is 250 g/mol. The maximum atomic E-state index is 10.3. The van der Waals surface area contributed by atoms with Crippen molar-refractivity contribution in [3.63, 3.8) is 0 Å². The summed E-state index contributed by atoms with van der Waals surface area (Å²) >= 11 is 6.07. The van der Waals surface area contributed by atoms with Crippen LogP contribution in [0.15, 0.2) is 28.7 Å². The molecule has 1 saturated heterocycles. The smallest absolute Gasteiger partial charge is 0.152 e. The first kappa shape index (κ1) is 12.0. The molecule has 4 heteroatoms. The van der Waals surface area contributed by atoms with Crippen molar-refractivity contribution in [2.75, 3.05) is 6.54 Å². The average molecular weight is 266 g/mol. The maximum Gasteiger partial charge on any atom is 0.152 e. The van der Waals surface area contributed by atoms with Gasteiger partial charge in [-0.15, -0.1) is 0 Å². The summed E-state index contributed by atoms with van der Waals surface area (Å²) in [5.41, 5.74) is 0.657. The van der Waals surface area contributed by atoms with Crippen LogP contribution >= 0.6 is 11.6 Å². The molecular formula is C14H16ClNO2. The number of nitrogens with one attached hydrogen (secondary N) is 1. The lowest BCUT2D eigenvalue weighted by Gasteiger charge is -2.26. The van der Waals surface area contributed by atoms with Gasteiger partial charge in [-0.3, -0.25) is 0 Å². The summed E-state index contributed by atoms with van der Waals surface area (Å²) in [7, 11) is 0. The highest BCUT2D eigenvalue weighted by atomic mass is 35.5. The molecule has 3 nitrogen and oxygen atoms in total. The summed E-state index contributed by atoms with van der Waals surface area (Å²) in [5, 5.41) is 15.2. The number of aliphatic hydroxyl groups is 1. The third-order valence-corrected chi connectivity index (χ3v) is 3.83. The number of aliphatic hydroxyl groups excluding tert-OH is 1. The van der Waals surface area contributed by atoms with Gasteiger partial charge in [-0.05, 0) is 31.5 Å². The van der Waals surface area contributed by atoms with Crippen LogP contribution in [-0.2, 0) is 0 Å². The van der Waals surface area contributed by atoms with Gasteiger partial charge in [0.05, 0.1) is 5.02 Å². The standard InChI is InChI=1S/C14H16ClNO2/c15-10-5-3-4-9-8-12(18-14(9)10)13(17)11-6-1-2-7-16-11/h3-5,8,11,13,16-17H,1-2,6-7H2. The van der Waals surface area contributed by atoms with Crippen molar-refractivity contribution in [3.8, 4) is 0 Å². The Labute approximate surface area is 111 Å². The van der Waals surface area contributed by atoms with Gasteiger partial charge in [0.25, 0.3) is 0 Å². The zero-order chi connectivity index (χ0) is 12.5. The molecule has 1 aliphatic rings. The lowest BCUT2D eigenvalue weighted by molar-refractivity contribution is 0.0941. The Kier molecular flexibility index (Phi) is 3.29. The highest BCUT2D eigenvalue weighted by Crippen LogP contribution is 2.31. The number of fused-ring (bicyclic) bond motifs is 1. The van der Waals surface area contributed by atoms with Crippen LogP contribution in [-0.4, -0.2) is 17.7 Å². The Hall–Kier alpha value is -1.03. The topological polar surface area (TPSA) is 45.4 Å². The second-order valence-corrected chi connectivity index (χ2v) is 5.22. The first-order chi connectivity index (χ1) is 8.75. The predicted molar refractivity (Wildman–Crippen MR) is 71.8 cm³/mol. The van der Waals surface area contributed by atoms with Crippen molar-refractivity contribution in [1.82, 2.24) is 5.32 Å². The van der Waals surface area contributed by atoms with Crippen LogP contribution in [0.4, 0.5) is 0 Å². The van der Waals surface area contributed by atoms with E-state index in [9.17, 15) is 5.11 Å². The number of benzene rings is 1. The second-order valence-electron chi connectivity index (χ2n) is 4.81. The van der Waals surface area contributed by atoms with E-state index in [-0.39, 0.29) is 6.04 Å². The lowest BCUT2D eigenvalue weighted by Crippen LogP contribution is -2.38. The molecule has 3 rings (SSSR count). The van der Waals surface area contributed by atoms with E-state index in [4.69, 9.17) is 16.0 Å². The fraction of sp³-hybridized carbons (Fsp3) is 0.429. The minimum atomic E-state index is -0.603. The van der Waals surface area contributed by atoms with Crippen LogP contribution in [0.3, 0.4) is 0 Å². The minimum Gasteiger partial charge on any atom is -0.457 e. The van der Waals surface area contributed by atoms with Crippen molar-refractivity contribution in [1.29, 1.82) is 0 Å². The van der Waals surface area contributed by atoms with Crippen molar-refractivity contribution in [2.45, 2.75) is 31.4 Å². The molecule has 2 aromatic rings. The van der Waals surface area contributed by atoms with Crippen molar-refractivity contribution in [3.05, 3.63) is 35.0 Å². The molecule has 0 radical (unpaired) electrons. The molecule has 0 amide bonds. The SMILES string of the molecule is OC(c1cc2cccc(Cl)c2o1)C1CCCCN1. The summed E-state index contributed by atoms with van der Waals surface area (Å²) in [4.78, 5) is 0. The van der Waals surface area contributed by atoms with E-state index in [2.05, 4.69) is 5.32 Å². The van der Waals surface area contributed by atoms with Crippen LogP contribution < -0.4 is 5.32 Å². The van der Waals surface area contributed by atoms with Crippen LogP contribution in [0.1, 0.15) is 31.1 Å². The van der Waals surface area contributed by atoms with Gasteiger partial charge >= 0.3 is 0 Å². The van der Waals surface area contributed by atoms with Crippen LogP contribution in [0, 0.1) is 0 Å². The molecule has 18 heavy (non-hydrogen) atoms. The van der Waals surface area contributed by atoms with Crippen LogP contribution in [0.2, 0.25) is 5.02 Å². The molecule has 2 unspecified atom stereocenters. The molecule has 96 valence electrons. The van der Waals surface area contributed by atoms with E-state index in [0.717, 1.165) is 24.8 Å². The highest BCUT2D eigenvalue weighted by Gasteiger charge is 2.25. The van der Waals surface area contributed by atoms with E-state index >= 15 is 0 Å². The van der Waals surface area contributed by atoms with E-state index < -0.39 is 6.10 Å². The number of rotatable bonds is 2. The zero-order valence-corrected chi connectivity index (χ0v) is 10.8. The van der Waals surface area contributed by atoms with Crippen molar-refractivity contribution < 1.29 is 9.52 Å².